The van der Waals surface area contributed by atoms with Gasteiger partial charge in [-0.3, -0.25) is 4.90 Å². The maximum Gasteiger partial charge on any atom is 0.205 e. The highest BCUT2D eigenvalue weighted by Gasteiger charge is 2.33. The molecule has 1 aromatic rings. The number of fused-ring (bicyclic) bond motifs is 1. The topological polar surface area (TPSA) is 41.1 Å². The van der Waals surface area contributed by atoms with E-state index in [9.17, 15) is 0 Å². The van der Waals surface area contributed by atoms with Crippen molar-refractivity contribution in [3.05, 3.63) is 5.01 Å². The van der Waals surface area contributed by atoms with Crippen molar-refractivity contribution >= 4 is 16.5 Å². The van der Waals surface area contributed by atoms with E-state index in [1.54, 1.807) is 11.3 Å². The van der Waals surface area contributed by atoms with Gasteiger partial charge in [-0.1, -0.05) is 31.1 Å². The number of aromatic nitrogens is 2. The summed E-state index contributed by atoms with van der Waals surface area (Å²) in [6, 6.07) is 0.813. The predicted octanol–water partition coefficient (Wildman–Crippen LogP) is 3.51. The lowest BCUT2D eigenvalue weighted by atomic mass is 9.78. The second-order valence-electron chi connectivity index (χ2n) is 6.15. The van der Waals surface area contributed by atoms with Crippen LogP contribution in [0, 0.1) is 5.92 Å². The van der Waals surface area contributed by atoms with Crippen LogP contribution < -0.4 is 5.32 Å². The molecule has 1 saturated heterocycles. The summed E-state index contributed by atoms with van der Waals surface area (Å²) in [6.07, 6.45) is 9.63. The molecule has 3 rings (SSSR count). The third kappa shape index (κ3) is 3.31. The third-order valence-corrected chi connectivity index (χ3v) is 5.56. The van der Waals surface area contributed by atoms with Gasteiger partial charge < -0.3 is 5.32 Å². The van der Waals surface area contributed by atoms with Crippen molar-refractivity contribution in [3.8, 4) is 0 Å². The molecule has 1 saturated carbocycles. The van der Waals surface area contributed by atoms with Crippen molar-refractivity contribution in [1.82, 2.24) is 15.1 Å². The molecule has 2 aliphatic rings. The fourth-order valence-electron chi connectivity index (χ4n) is 3.72. The Morgan fingerprint density at radius 1 is 1.20 bits per heavy atom. The molecule has 1 aromatic heterocycles. The first-order valence-electron chi connectivity index (χ1n) is 8.17. The molecule has 0 radical (unpaired) electrons. The number of nitrogens with zero attached hydrogens (tertiary/aromatic N) is 3. The number of rotatable bonds is 5. The molecule has 0 unspecified atom stereocenters. The average molecular weight is 294 g/mol. The van der Waals surface area contributed by atoms with E-state index in [0.29, 0.717) is 0 Å². The Bertz CT molecular complexity index is 418. The van der Waals surface area contributed by atoms with Crippen LogP contribution in [-0.2, 0) is 6.54 Å². The van der Waals surface area contributed by atoms with E-state index in [0.717, 1.165) is 36.6 Å². The number of nitrogens with one attached hydrogen (secondary N) is 1. The quantitative estimate of drug-likeness (QED) is 0.902. The molecule has 2 atom stereocenters. The Balaban J connectivity index is 1.59. The van der Waals surface area contributed by atoms with Gasteiger partial charge in [0.15, 0.2) is 0 Å². The largest absolute Gasteiger partial charge is 0.360 e. The van der Waals surface area contributed by atoms with Crippen LogP contribution in [0.3, 0.4) is 0 Å². The second kappa shape index (κ2) is 6.85. The zero-order chi connectivity index (χ0) is 13.8. The Hall–Kier alpha value is -0.680. The monoisotopic (exact) mass is 294 g/mol. The fraction of sp³-hybridized carbons (Fsp3) is 0.867. The van der Waals surface area contributed by atoms with E-state index < -0.39 is 0 Å². The molecule has 4 nitrogen and oxygen atoms in total. The summed E-state index contributed by atoms with van der Waals surface area (Å²) >= 11 is 1.73. The molecule has 0 aromatic carbocycles. The van der Waals surface area contributed by atoms with Crippen molar-refractivity contribution in [2.24, 2.45) is 5.92 Å². The van der Waals surface area contributed by atoms with Gasteiger partial charge >= 0.3 is 0 Å². The summed E-state index contributed by atoms with van der Waals surface area (Å²) in [5, 5.41) is 14.1. The zero-order valence-corrected chi connectivity index (χ0v) is 13.3. The summed E-state index contributed by atoms with van der Waals surface area (Å²) < 4.78 is 0. The summed E-state index contributed by atoms with van der Waals surface area (Å²) in [7, 11) is 0. The highest BCUT2D eigenvalue weighted by Crippen LogP contribution is 2.36. The van der Waals surface area contributed by atoms with Gasteiger partial charge in [0, 0.05) is 12.6 Å². The van der Waals surface area contributed by atoms with Gasteiger partial charge in [-0.05, 0) is 44.6 Å². The van der Waals surface area contributed by atoms with Gasteiger partial charge in [0.05, 0.1) is 6.54 Å². The molecule has 0 bridgehead atoms. The molecule has 0 amide bonds. The molecule has 2 fully saturated rings. The summed E-state index contributed by atoms with van der Waals surface area (Å²) in [5.41, 5.74) is 0. The molecule has 0 spiro atoms. The minimum absolute atomic E-state index is 0.813. The number of piperidine rings is 1. The SMILES string of the molecule is CCCNc1nnc(CN2CCC[C@H]3CCCC[C@H]32)s1. The molecule has 5 heteroatoms. The van der Waals surface area contributed by atoms with Crippen LogP contribution in [0.2, 0.25) is 0 Å². The van der Waals surface area contributed by atoms with Crippen LogP contribution in [0.25, 0.3) is 0 Å². The number of anilines is 1. The first-order valence-corrected chi connectivity index (χ1v) is 8.98. The van der Waals surface area contributed by atoms with Crippen molar-refractivity contribution in [1.29, 1.82) is 0 Å². The Labute approximate surface area is 126 Å². The third-order valence-electron chi connectivity index (χ3n) is 4.69. The molecule has 2 heterocycles. The Kier molecular flexibility index (Phi) is 4.89. The summed E-state index contributed by atoms with van der Waals surface area (Å²) in [6.45, 7) is 5.42. The van der Waals surface area contributed by atoms with Gasteiger partial charge in [0.2, 0.25) is 5.13 Å². The number of hydrogen-bond donors (Lipinski definition) is 1. The minimum atomic E-state index is 0.813. The molecule has 1 N–H and O–H groups in total. The molecular weight excluding hydrogens is 268 g/mol. The summed E-state index contributed by atoms with van der Waals surface area (Å²) in [5.74, 6) is 0.947. The van der Waals surface area contributed by atoms with Crippen molar-refractivity contribution in [2.45, 2.75) is 64.5 Å². The Morgan fingerprint density at radius 3 is 2.95 bits per heavy atom. The van der Waals surface area contributed by atoms with Gasteiger partial charge in [-0.15, -0.1) is 10.2 Å². The maximum absolute atomic E-state index is 4.37. The van der Waals surface area contributed by atoms with Crippen LogP contribution in [0.4, 0.5) is 5.13 Å². The average Bonchev–Trinajstić information content (AvgIpc) is 2.93. The maximum atomic E-state index is 4.37. The van der Waals surface area contributed by atoms with Crippen molar-refractivity contribution in [2.75, 3.05) is 18.4 Å². The van der Waals surface area contributed by atoms with Gasteiger partial charge in [-0.2, -0.15) is 0 Å². The zero-order valence-electron chi connectivity index (χ0n) is 12.5. The lowest BCUT2D eigenvalue weighted by Gasteiger charge is -2.43. The molecule has 1 aliphatic heterocycles. The van der Waals surface area contributed by atoms with Crippen LogP contribution in [0.5, 0.6) is 0 Å². The van der Waals surface area contributed by atoms with Crippen molar-refractivity contribution in [3.63, 3.8) is 0 Å². The van der Waals surface area contributed by atoms with Crippen LogP contribution in [0.1, 0.15) is 56.9 Å². The fourth-order valence-corrected chi connectivity index (χ4v) is 4.51. The van der Waals surface area contributed by atoms with E-state index in [1.165, 1.54) is 50.1 Å². The number of hydrogen-bond acceptors (Lipinski definition) is 5. The predicted molar refractivity (Wildman–Crippen MR) is 84.1 cm³/mol. The highest BCUT2D eigenvalue weighted by atomic mass is 32.1. The van der Waals surface area contributed by atoms with Crippen molar-refractivity contribution < 1.29 is 0 Å². The van der Waals surface area contributed by atoms with E-state index in [1.807, 2.05) is 0 Å². The van der Waals surface area contributed by atoms with E-state index >= 15 is 0 Å². The molecular formula is C15H26N4S. The van der Waals surface area contributed by atoms with Gasteiger partial charge in [0.1, 0.15) is 5.01 Å². The van der Waals surface area contributed by atoms with Gasteiger partial charge in [-0.25, -0.2) is 0 Å². The second-order valence-corrected chi connectivity index (χ2v) is 7.21. The molecule has 20 heavy (non-hydrogen) atoms. The lowest BCUT2D eigenvalue weighted by molar-refractivity contribution is 0.0545. The van der Waals surface area contributed by atoms with E-state index in [-0.39, 0.29) is 0 Å². The van der Waals surface area contributed by atoms with Crippen LogP contribution in [-0.4, -0.2) is 34.2 Å². The lowest BCUT2D eigenvalue weighted by Crippen LogP contribution is -2.46. The van der Waals surface area contributed by atoms with E-state index in [2.05, 4.69) is 27.3 Å². The van der Waals surface area contributed by atoms with Crippen LogP contribution in [0.15, 0.2) is 0 Å². The van der Waals surface area contributed by atoms with E-state index in [4.69, 9.17) is 0 Å². The van der Waals surface area contributed by atoms with Crippen LogP contribution >= 0.6 is 11.3 Å². The standard InChI is InChI=1S/C15H26N4S/c1-2-9-16-15-18-17-14(20-15)11-19-10-5-7-12-6-3-4-8-13(12)19/h12-13H,2-11H2,1H3,(H,16,18)/t12-,13-/m1/s1. The Morgan fingerprint density at radius 2 is 2.05 bits per heavy atom. The first kappa shape index (κ1) is 14.3. The highest BCUT2D eigenvalue weighted by molar-refractivity contribution is 7.15. The molecule has 1 aliphatic carbocycles. The minimum Gasteiger partial charge on any atom is -0.360 e. The number of likely N-dealkylation sites (tertiary alicyclic amines) is 1. The summed E-state index contributed by atoms with van der Waals surface area (Å²) in [4.78, 5) is 2.68. The smallest absolute Gasteiger partial charge is 0.205 e. The first-order chi connectivity index (χ1) is 9.86. The van der Waals surface area contributed by atoms with Gasteiger partial charge in [0.25, 0.3) is 0 Å². The molecule has 112 valence electrons. The normalized spacial score (nSPS) is 27.2.